The molecule has 8 heteroatoms. The Morgan fingerprint density at radius 2 is 2.20 bits per heavy atom. The number of hydrogen-bond acceptors (Lipinski definition) is 6. The van der Waals surface area contributed by atoms with Gasteiger partial charge in [-0.2, -0.15) is 0 Å². The van der Waals surface area contributed by atoms with Crippen LogP contribution in [0.5, 0.6) is 0 Å². The minimum Gasteiger partial charge on any atom is -0.394 e. The average molecular weight is 284 g/mol. The summed E-state index contributed by atoms with van der Waals surface area (Å²) in [6.07, 6.45) is -0.133. The van der Waals surface area contributed by atoms with Gasteiger partial charge in [0.05, 0.1) is 25.4 Å². The van der Waals surface area contributed by atoms with Gasteiger partial charge in [-0.25, -0.2) is 4.79 Å². The van der Waals surface area contributed by atoms with E-state index in [1.165, 1.54) is 10.8 Å². The summed E-state index contributed by atoms with van der Waals surface area (Å²) in [4.78, 5) is 25.8. The van der Waals surface area contributed by atoms with E-state index in [9.17, 15) is 14.7 Å². The van der Waals surface area contributed by atoms with E-state index < -0.39 is 29.7 Å². The molecule has 0 radical (unpaired) electrons. The fourth-order valence-electron chi connectivity index (χ4n) is 2.37. The molecule has 3 heterocycles. The zero-order chi connectivity index (χ0) is 14.3. The molecule has 2 fully saturated rings. The molecule has 0 spiro atoms. The molecule has 1 unspecified atom stereocenters. The minimum atomic E-state index is -0.834. The lowest BCUT2D eigenvalue weighted by Gasteiger charge is -2.15. The second-order valence-electron chi connectivity index (χ2n) is 5.10. The molecule has 0 saturated carbocycles. The molecule has 2 aliphatic rings. The number of hydrogen-bond donors (Lipinski definition) is 3. The number of aromatic nitrogens is 2. The smallest absolute Gasteiger partial charge is 0.330 e. The van der Waals surface area contributed by atoms with E-state index in [4.69, 9.17) is 14.6 Å². The monoisotopic (exact) mass is 284 g/mol. The number of ether oxygens (including phenoxy) is 2. The molecule has 1 aromatic rings. The summed E-state index contributed by atoms with van der Waals surface area (Å²) >= 11 is 0. The second kappa shape index (κ2) is 5.13. The van der Waals surface area contributed by atoms with Crippen molar-refractivity contribution in [2.45, 2.75) is 37.4 Å². The van der Waals surface area contributed by atoms with Gasteiger partial charge in [0, 0.05) is 24.6 Å². The zero-order valence-corrected chi connectivity index (χ0v) is 10.7. The van der Waals surface area contributed by atoms with Crippen LogP contribution in [0.25, 0.3) is 0 Å². The highest BCUT2D eigenvalue weighted by atomic mass is 16.6. The Balaban J connectivity index is 1.89. The standard InChI is InChI=1S/C12H16N2O6/c15-4-9-8(16)2-10(20-9)14-3-6(1-7-5-19-7)11(17)13-12(14)18/h3,7-10,15-16H,1-2,4-5H2,(H,13,17,18)/t7?,8-,9+,10+/m0/s1. The van der Waals surface area contributed by atoms with Crippen molar-refractivity contribution in [1.29, 1.82) is 0 Å². The van der Waals surface area contributed by atoms with Crippen LogP contribution in [0.15, 0.2) is 15.8 Å². The van der Waals surface area contributed by atoms with Crippen molar-refractivity contribution >= 4 is 0 Å². The van der Waals surface area contributed by atoms with E-state index in [0.29, 0.717) is 18.6 Å². The summed E-state index contributed by atoms with van der Waals surface area (Å²) in [5.74, 6) is 0. The van der Waals surface area contributed by atoms with Gasteiger partial charge in [-0.3, -0.25) is 14.3 Å². The quantitative estimate of drug-likeness (QED) is 0.557. The number of epoxide rings is 1. The molecular weight excluding hydrogens is 268 g/mol. The lowest BCUT2D eigenvalue weighted by atomic mass is 10.2. The normalized spacial score (nSPS) is 32.5. The molecule has 110 valence electrons. The van der Waals surface area contributed by atoms with Crippen LogP contribution in [0, 0.1) is 0 Å². The van der Waals surface area contributed by atoms with Crippen LogP contribution in [0.4, 0.5) is 0 Å². The molecule has 1 aromatic heterocycles. The van der Waals surface area contributed by atoms with Gasteiger partial charge in [0.25, 0.3) is 5.56 Å². The summed E-state index contributed by atoms with van der Waals surface area (Å²) in [5.41, 5.74) is -0.581. The lowest BCUT2D eigenvalue weighted by molar-refractivity contribution is -0.0460. The Labute approximate surface area is 113 Å². The van der Waals surface area contributed by atoms with Gasteiger partial charge in [-0.1, -0.05) is 0 Å². The molecule has 20 heavy (non-hydrogen) atoms. The molecule has 2 aliphatic heterocycles. The van der Waals surface area contributed by atoms with Gasteiger partial charge in [0.15, 0.2) is 0 Å². The van der Waals surface area contributed by atoms with Crippen molar-refractivity contribution in [3.8, 4) is 0 Å². The first-order chi connectivity index (χ1) is 9.58. The maximum atomic E-state index is 11.8. The van der Waals surface area contributed by atoms with Crippen LogP contribution in [0.3, 0.4) is 0 Å². The van der Waals surface area contributed by atoms with Crippen LogP contribution < -0.4 is 11.2 Å². The highest BCUT2D eigenvalue weighted by molar-refractivity contribution is 5.08. The van der Waals surface area contributed by atoms with Gasteiger partial charge < -0.3 is 19.7 Å². The lowest BCUT2D eigenvalue weighted by Crippen LogP contribution is -2.34. The van der Waals surface area contributed by atoms with Crippen molar-refractivity contribution in [2.75, 3.05) is 13.2 Å². The maximum absolute atomic E-state index is 11.8. The molecule has 2 saturated heterocycles. The van der Waals surface area contributed by atoms with Crippen molar-refractivity contribution < 1.29 is 19.7 Å². The molecule has 0 amide bonds. The predicted molar refractivity (Wildman–Crippen MR) is 66.4 cm³/mol. The highest BCUT2D eigenvalue weighted by Crippen LogP contribution is 2.27. The Hall–Kier alpha value is -1.48. The van der Waals surface area contributed by atoms with Gasteiger partial charge in [0.2, 0.25) is 0 Å². The summed E-state index contributed by atoms with van der Waals surface area (Å²) in [5, 5.41) is 18.7. The Morgan fingerprint density at radius 1 is 1.45 bits per heavy atom. The SMILES string of the molecule is O=c1[nH]c(=O)n([C@H]2C[C@H](O)[C@@H](CO)O2)cc1CC1CO1. The van der Waals surface area contributed by atoms with Crippen molar-refractivity contribution in [3.63, 3.8) is 0 Å². The topological polar surface area (TPSA) is 117 Å². The van der Waals surface area contributed by atoms with E-state index in [0.717, 1.165) is 0 Å². The number of H-pyrrole nitrogens is 1. The molecular formula is C12H16N2O6. The zero-order valence-electron chi connectivity index (χ0n) is 10.7. The Kier molecular flexibility index (Phi) is 3.47. The third-order valence-electron chi connectivity index (χ3n) is 3.59. The average Bonchev–Trinajstić information content (AvgIpc) is 3.14. The Bertz CT molecular complexity index is 605. The third-order valence-corrected chi connectivity index (χ3v) is 3.59. The van der Waals surface area contributed by atoms with Crippen LogP contribution in [0.1, 0.15) is 18.2 Å². The molecule has 8 nitrogen and oxygen atoms in total. The van der Waals surface area contributed by atoms with Crippen LogP contribution >= 0.6 is 0 Å². The molecule has 0 bridgehead atoms. The predicted octanol–water partition coefficient (Wildman–Crippen LogP) is -1.88. The number of nitrogens with zero attached hydrogens (tertiary/aromatic N) is 1. The minimum absolute atomic E-state index is 0.0299. The van der Waals surface area contributed by atoms with Crippen molar-refractivity contribution in [3.05, 3.63) is 32.6 Å². The van der Waals surface area contributed by atoms with Gasteiger partial charge >= 0.3 is 5.69 Å². The third kappa shape index (κ3) is 2.55. The second-order valence-corrected chi connectivity index (χ2v) is 5.10. The number of nitrogens with one attached hydrogen (secondary N) is 1. The van der Waals surface area contributed by atoms with E-state index in [1.54, 1.807) is 0 Å². The van der Waals surface area contributed by atoms with E-state index in [1.807, 2.05) is 0 Å². The van der Waals surface area contributed by atoms with E-state index >= 15 is 0 Å². The summed E-state index contributed by atoms with van der Waals surface area (Å²) < 4.78 is 11.7. The molecule has 3 rings (SSSR count). The fraction of sp³-hybridized carbons (Fsp3) is 0.667. The fourth-order valence-corrected chi connectivity index (χ4v) is 2.37. The van der Waals surface area contributed by atoms with Crippen molar-refractivity contribution in [2.24, 2.45) is 0 Å². The van der Waals surface area contributed by atoms with E-state index in [2.05, 4.69) is 4.98 Å². The summed E-state index contributed by atoms with van der Waals surface area (Å²) in [7, 11) is 0. The summed E-state index contributed by atoms with van der Waals surface area (Å²) in [6, 6.07) is 0. The Morgan fingerprint density at radius 3 is 2.80 bits per heavy atom. The first-order valence-electron chi connectivity index (χ1n) is 6.49. The van der Waals surface area contributed by atoms with Gasteiger partial charge in [-0.05, 0) is 0 Å². The highest BCUT2D eigenvalue weighted by Gasteiger charge is 2.35. The number of rotatable bonds is 4. The van der Waals surface area contributed by atoms with Crippen molar-refractivity contribution in [1.82, 2.24) is 9.55 Å². The number of aromatic amines is 1. The van der Waals surface area contributed by atoms with Gasteiger partial charge in [0.1, 0.15) is 12.3 Å². The largest absolute Gasteiger partial charge is 0.394 e. The number of aliphatic hydroxyl groups excluding tert-OH is 2. The molecule has 0 aromatic carbocycles. The van der Waals surface area contributed by atoms with E-state index in [-0.39, 0.29) is 19.1 Å². The first-order valence-corrected chi connectivity index (χ1v) is 6.49. The molecule has 4 atom stereocenters. The number of aliphatic hydroxyl groups is 2. The van der Waals surface area contributed by atoms with Crippen LogP contribution in [-0.4, -0.2) is 51.3 Å². The molecule has 0 aliphatic carbocycles. The first kappa shape index (κ1) is 13.5. The van der Waals surface area contributed by atoms with Crippen LogP contribution in [0.2, 0.25) is 0 Å². The van der Waals surface area contributed by atoms with Gasteiger partial charge in [-0.15, -0.1) is 0 Å². The summed E-state index contributed by atoms with van der Waals surface area (Å²) in [6.45, 7) is 0.294. The molecule has 3 N–H and O–H groups in total. The maximum Gasteiger partial charge on any atom is 0.330 e. The van der Waals surface area contributed by atoms with Crippen LogP contribution in [-0.2, 0) is 15.9 Å².